The molecule has 0 radical (unpaired) electrons. The van der Waals surface area contributed by atoms with E-state index in [0.717, 1.165) is 0 Å². The molecule has 0 saturated heterocycles. The molecule has 1 amide bonds. The summed E-state index contributed by atoms with van der Waals surface area (Å²) >= 11 is 0. The maximum atomic E-state index is 13.8. The van der Waals surface area contributed by atoms with E-state index in [1.807, 2.05) is 12.0 Å². The first-order valence-corrected chi connectivity index (χ1v) is 7.41. The Morgan fingerprint density at radius 2 is 2.00 bits per heavy atom. The third-order valence-corrected chi connectivity index (χ3v) is 3.78. The van der Waals surface area contributed by atoms with Gasteiger partial charge in [-0.3, -0.25) is 9.89 Å². The molecule has 0 aliphatic carbocycles. The zero-order valence-electron chi connectivity index (χ0n) is 13.2. The second-order valence-corrected chi connectivity index (χ2v) is 5.45. The molecular weight excluding hydrogens is 326 g/mol. The number of aromatic nitrogens is 2. The van der Waals surface area contributed by atoms with E-state index in [1.54, 1.807) is 13.0 Å². The first-order chi connectivity index (χ1) is 11.2. The molecule has 0 aliphatic rings. The van der Waals surface area contributed by atoms with Crippen molar-refractivity contribution in [2.24, 2.45) is 0 Å². The summed E-state index contributed by atoms with van der Waals surface area (Å²) in [5, 5.41) is 5.27. The zero-order chi connectivity index (χ0) is 17.9. The smallest absolute Gasteiger partial charge is 0.330 e. The summed E-state index contributed by atoms with van der Waals surface area (Å²) in [7, 11) is 0. The van der Waals surface area contributed by atoms with Crippen molar-refractivity contribution in [3.63, 3.8) is 0 Å². The van der Waals surface area contributed by atoms with Crippen LogP contribution in [0.5, 0.6) is 0 Å². The molecule has 8 heteroatoms. The number of carbonyl (C=O) groups is 1. The number of halogens is 4. The van der Waals surface area contributed by atoms with E-state index in [2.05, 4.69) is 5.10 Å². The van der Waals surface area contributed by atoms with E-state index in [9.17, 15) is 22.4 Å². The van der Waals surface area contributed by atoms with Gasteiger partial charge < -0.3 is 4.90 Å². The summed E-state index contributed by atoms with van der Waals surface area (Å²) in [4.78, 5) is 13.9. The number of aromatic amines is 1. The fourth-order valence-corrected chi connectivity index (χ4v) is 2.18. The van der Waals surface area contributed by atoms with E-state index < -0.39 is 23.6 Å². The van der Waals surface area contributed by atoms with Gasteiger partial charge in [0.25, 0.3) is 5.91 Å². The Bertz CT molecular complexity index is 711. The maximum absolute atomic E-state index is 13.8. The SMILES string of the molecule is CCC(C)N(Cc1ccccc1F)C(=O)c1cc(C(F)(F)F)[nH]n1. The molecule has 0 aliphatic heterocycles. The number of benzene rings is 1. The van der Waals surface area contributed by atoms with Crippen LogP contribution in [0.3, 0.4) is 0 Å². The molecule has 0 fully saturated rings. The predicted molar refractivity (Wildman–Crippen MR) is 79.6 cm³/mol. The average Bonchev–Trinajstić information content (AvgIpc) is 3.03. The van der Waals surface area contributed by atoms with Gasteiger partial charge in [0.1, 0.15) is 11.5 Å². The topological polar surface area (TPSA) is 49.0 Å². The molecule has 24 heavy (non-hydrogen) atoms. The van der Waals surface area contributed by atoms with Crippen LogP contribution < -0.4 is 0 Å². The second kappa shape index (κ2) is 7.02. The van der Waals surface area contributed by atoms with Crippen LogP contribution in [-0.2, 0) is 12.7 Å². The fourth-order valence-electron chi connectivity index (χ4n) is 2.18. The molecule has 2 aromatic rings. The van der Waals surface area contributed by atoms with Crippen LogP contribution in [-0.4, -0.2) is 27.0 Å². The van der Waals surface area contributed by atoms with Crippen molar-refractivity contribution >= 4 is 5.91 Å². The second-order valence-electron chi connectivity index (χ2n) is 5.45. The van der Waals surface area contributed by atoms with Gasteiger partial charge in [-0.15, -0.1) is 0 Å². The summed E-state index contributed by atoms with van der Waals surface area (Å²) < 4.78 is 51.8. The number of hydrogen-bond acceptors (Lipinski definition) is 2. The van der Waals surface area contributed by atoms with E-state index in [-0.39, 0.29) is 23.8 Å². The van der Waals surface area contributed by atoms with Gasteiger partial charge in [-0.25, -0.2) is 4.39 Å². The lowest BCUT2D eigenvalue weighted by Crippen LogP contribution is -2.38. The lowest BCUT2D eigenvalue weighted by Gasteiger charge is -2.28. The molecule has 1 aromatic heterocycles. The molecule has 1 unspecified atom stereocenters. The number of alkyl halides is 3. The highest BCUT2D eigenvalue weighted by Crippen LogP contribution is 2.28. The van der Waals surface area contributed by atoms with Crippen LogP contribution >= 0.6 is 0 Å². The summed E-state index contributed by atoms with van der Waals surface area (Å²) in [6.07, 6.45) is -4.05. The molecule has 1 aromatic carbocycles. The number of rotatable bonds is 5. The third kappa shape index (κ3) is 3.93. The molecule has 0 spiro atoms. The number of amides is 1. The van der Waals surface area contributed by atoms with Crippen molar-refractivity contribution in [2.45, 2.75) is 39.0 Å². The molecule has 4 nitrogen and oxygen atoms in total. The average molecular weight is 343 g/mol. The Morgan fingerprint density at radius 3 is 2.54 bits per heavy atom. The molecule has 2 rings (SSSR count). The number of hydrogen-bond donors (Lipinski definition) is 1. The van der Waals surface area contributed by atoms with Gasteiger partial charge in [-0.1, -0.05) is 25.1 Å². The Hall–Kier alpha value is -2.38. The monoisotopic (exact) mass is 343 g/mol. The minimum atomic E-state index is -4.61. The molecule has 0 bridgehead atoms. The van der Waals surface area contributed by atoms with Crippen molar-refractivity contribution in [3.05, 3.63) is 53.1 Å². The van der Waals surface area contributed by atoms with Crippen LogP contribution in [0, 0.1) is 5.82 Å². The quantitative estimate of drug-likeness (QED) is 0.834. The maximum Gasteiger partial charge on any atom is 0.432 e. The number of nitrogens with zero attached hydrogens (tertiary/aromatic N) is 2. The van der Waals surface area contributed by atoms with E-state index in [1.165, 1.54) is 23.1 Å². The van der Waals surface area contributed by atoms with Crippen LogP contribution in [0.25, 0.3) is 0 Å². The highest BCUT2D eigenvalue weighted by Gasteiger charge is 2.34. The highest BCUT2D eigenvalue weighted by molar-refractivity contribution is 5.92. The van der Waals surface area contributed by atoms with Gasteiger partial charge in [0.05, 0.1) is 0 Å². The van der Waals surface area contributed by atoms with Gasteiger partial charge in [0, 0.05) is 24.2 Å². The normalized spacial score (nSPS) is 12.9. The summed E-state index contributed by atoms with van der Waals surface area (Å²) in [6, 6.07) is 6.34. The minimum absolute atomic E-state index is 0.0469. The molecule has 130 valence electrons. The third-order valence-electron chi connectivity index (χ3n) is 3.78. The zero-order valence-corrected chi connectivity index (χ0v) is 13.2. The van der Waals surface area contributed by atoms with E-state index in [0.29, 0.717) is 12.5 Å². The first kappa shape index (κ1) is 18.0. The molecule has 1 N–H and O–H groups in total. The van der Waals surface area contributed by atoms with E-state index >= 15 is 0 Å². The van der Waals surface area contributed by atoms with Gasteiger partial charge >= 0.3 is 6.18 Å². The Balaban J connectivity index is 2.29. The lowest BCUT2D eigenvalue weighted by atomic mass is 10.1. The molecule has 0 saturated carbocycles. The van der Waals surface area contributed by atoms with Crippen molar-refractivity contribution in [1.82, 2.24) is 15.1 Å². The molecule has 1 heterocycles. The predicted octanol–water partition coefficient (Wildman–Crippen LogP) is 4.01. The van der Waals surface area contributed by atoms with E-state index in [4.69, 9.17) is 0 Å². The summed E-state index contributed by atoms with van der Waals surface area (Å²) in [5.74, 6) is -1.16. The van der Waals surface area contributed by atoms with Gasteiger partial charge in [-0.2, -0.15) is 18.3 Å². The molecule has 1 atom stereocenters. The van der Waals surface area contributed by atoms with Crippen LogP contribution in [0.1, 0.15) is 42.0 Å². The van der Waals surface area contributed by atoms with Crippen molar-refractivity contribution in [1.29, 1.82) is 0 Å². The Kier molecular flexibility index (Phi) is 5.26. The van der Waals surface area contributed by atoms with Gasteiger partial charge in [0.2, 0.25) is 0 Å². The Morgan fingerprint density at radius 1 is 1.33 bits per heavy atom. The summed E-state index contributed by atoms with van der Waals surface area (Å²) in [5.41, 5.74) is -1.16. The Labute approximate surface area is 136 Å². The van der Waals surface area contributed by atoms with Gasteiger partial charge in [-0.05, 0) is 19.4 Å². The standard InChI is InChI=1S/C16H17F4N3O/c1-3-10(2)23(9-11-6-4-5-7-12(11)17)15(24)13-8-14(22-21-13)16(18,19)20/h4-8,10H,3,9H2,1-2H3,(H,21,22). The van der Waals surface area contributed by atoms with Crippen molar-refractivity contribution in [2.75, 3.05) is 0 Å². The summed E-state index contributed by atoms with van der Waals surface area (Å²) in [6.45, 7) is 3.53. The van der Waals surface area contributed by atoms with Crippen molar-refractivity contribution in [3.8, 4) is 0 Å². The van der Waals surface area contributed by atoms with Crippen LogP contribution in [0.4, 0.5) is 17.6 Å². The number of carbonyl (C=O) groups excluding carboxylic acids is 1. The highest BCUT2D eigenvalue weighted by atomic mass is 19.4. The lowest BCUT2D eigenvalue weighted by molar-refractivity contribution is -0.141. The fraction of sp³-hybridized carbons (Fsp3) is 0.375. The minimum Gasteiger partial charge on any atom is -0.330 e. The number of nitrogens with one attached hydrogen (secondary N) is 1. The first-order valence-electron chi connectivity index (χ1n) is 7.41. The molecular formula is C16H17F4N3O. The van der Waals surface area contributed by atoms with Gasteiger partial charge in [0.15, 0.2) is 5.69 Å². The number of H-pyrrole nitrogens is 1. The van der Waals surface area contributed by atoms with Crippen LogP contribution in [0.2, 0.25) is 0 Å². The van der Waals surface area contributed by atoms with Crippen molar-refractivity contribution < 1.29 is 22.4 Å². The van der Waals surface area contributed by atoms with Crippen LogP contribution in [0.15, 0.2) is 30.3 Å². The largest absolute Gasteiger partial charge is 0.432 e.